The first-order chi connectivity index (χ1) is 23.2. The molecule has 3 unspecified atom stereocenters. The molecule has 48 heavy (non-hydrogen) atoms. The molecular formula is C36H30Cl2N4O5S. The summed E-state index contributed by atoms with van der Waals surface area (Å²) < 4.78 is 34.7. The molecule has 0 spiro atoms. The Balaban J connectivity index is 1.45. The van der Waals surface area contributed by atoms with Crippen molar-refractivity contribution in [2.24, 2.45) is 10.9 Å². The van der Waals surface area contributed by atoms with Gasteiger partial charge in [-0.1, -0.05) is 65.7 Å². The summed E-state index contributed by atoms with van der Waals surface area (Å²) >= 11 is 12.8. The molecule has 1 fully saturated rings. The van der Waals surface area contributed by atoms with E-state index in [1.165, 1.54) is 29.4 Å². The number of benzene rings is 4. The fraction of sp³-hybridized carbons (Fsp3) is 0.194. The molecule has 3 heterocycles. The molecular weight excluding hydrogens is 671 g/mol. The van der Waals surface area contributed by atoms with Crippen molar-refractivity contribution in [1.29, 1.82) is 0 Å². The van der Waals surface area contributed by atoms with E-state index in [9.17, 15) is 18.0 Å². The highest BCUT2D eigenvalue weighted by Crippen LogP contribution is 2.46. The van der Waals surface area contributed by atoms with Crippen LogP contribution in [-0.2, 0) is 19.6 Å². The van der Waals surface area contributed by atoms with Crippen LogP contribution in [0.5, 0.6) is 5.75 Å². The summed E-state index contributed by atoms with van der Waals surface area (Å²) in [4.78, 5) is 34.1. The molecule has 5 aromatic rings. The second-order valence-corrected chi connectivity index (χ2v) is 14.4. The summed E-state index contributed by atoms with van der Waals surface area (Å²) in [5.74, 6) is -0.251. The molecule has 0 radical (unpaired) electrons. The molecule has 2 aliphatic heterocycles. The minimum Gasteiger partial charge on any atom is -0.497 e. The molecule has 7 rings (SSSR count). The average molecular weight is 702 g/mol. The molecule has 0 bridgehead atoms. The Hall–Kier alpha value is -4.64. The van der Waals surface area contributed by atoms with Gasteiger partial charge in [0.1, 0.15) is 17.6 Å². The van der Waals surface area contributed by atoms with Crippen LogP contribution >= 0.6 is 23.2 Å². The van der Waals surface area contributed by atoms with E-state index < -0.39 is 28.0 Å². The zero-order valence-corrected chi connectivity index (χ0v) is 28.0. The Kier molecular flexibility index (Phi) is 8.49. The lowest BCUT2D eigenvalue weighted by Gasteiger charge is -2.33. The lowest BCUT2D eigenvalue weighted by molar-refractivity contribution is -0.138. The van der Waals surface area contributed by atoms with Crippen molar-refractivity contribution in [3.63, 3.8) is 0 Å². The maximum absolute atomic E-state index is 14.7. The van der Waals surface area contributed by atoms with E-state index in [-0.39, 0.29) is 23.1 Å². The van der Waals surface area contributed by atoms with E-state index in [1.807, 2.05) is 42.5 Å². The number of ether oxygens (including phenoxy) is 1. The third kappa shape index (κ3) is 5.74. The summed E-state index contributed by atoms with van der Waals surface area (Å²) in [6.07, 6.45) is 2.01. The summed E-state index contributed by atoms with van der Waals surface area (Å²) in [5, 5.41) is 4.44. The lowest BCUT2D eigenvalue weighted by atomic mass is 9.90. The van der Waals surface area contributed by atoms with Gasteiger partial charge in [-0.2, -0.15) is 0 Å². The molecule has 3 atom stereocenters. The Morgan fingerprint density at radius 1 is 0.917 bits per heavy atom. The van der Waals surface area contributed by atoms with Gasteiger partial charge in [-0.25, -0.2) is 12.4 Å². The van der Waals surface area contributed by atoms with Crippen LogP contribution in [0.1, 0.15) is 41.6 Å². The highest BCUT2D eigenvalue weighted by Gasteiger charge is 2.45. The van der Waals surface area contributed by atoms with Gasteiger partial charge in [0.2, 0.25) is 11.8 Å². The predicted molar refractivity (Wildman–Crippen MR) is 185 cm³/mol. The maximum Gasteiger partial charge on any atom is 0.268 e. The molecule has 4 aromatic carbocycles. The van der Waals surface area contributed by atoms with Crippen molar-refractivity contribution in [2.45, 2.75) is 29.8 Å². The second kappa shape index (κ2) is 12.8. The zero-order valence-electron chi connectivity index (χ0n) is 25.7. The summed E-state index contributed by atoms with van der Waals surface area (Å²) in [5.41, 5.74) is 2.42. The largest absolute Gasteiger partial charge is 0.497 e. The van der Waals surface area contributed by atoms with Crippen LogP contribution in [0.2, 0.25) is 10.0 Å². The second-order valence-electron chi connectivity index (χ2n) is 11.7. The minimum atomic E-state index is -4.09. The van der Waals surface area contributed by atoms with Gasteiger partial charge in [-0.15, -0.1) is 0 Å². The smallest absolute Gasteiger partial charge is 0.268 e. The molecule has 0 aliphatic carbocycles. The topological polar surface area (TPSA) is 110 Å². The van der Waals surface area contributed by atoms with Gasteiger partial charge >= 0.3 is 0 Å². The third-order valence-corrected chi connectivity index (χ3v) is 11.0. The molecule has 9 nitrogen and oxygen atoms in total. The van der Waals surface area contributed by atoms with E-state index in [4.69, 9.17) is 32.9 Å². The van der Waals surface area contributed by atoms with Crippen LogP contribution in [0.3, 0.4) is 0 Å². The van der Waals surface area contributed by atoms with Crippen molar-refractivity contribution in [3.8, 4) is 5.75 Å². The molecule has 12 heteroatoms. The van der Waals surface area contributed by atoms with Gasteiger partial charge in [0, 0.05) is 46.1 Å². The SMILES string of the molecule is COc1ccc(S(=O)(=O)n2cc(C3=NC(c4cccc(Cl)c4)C(c4ccc(Cl)cc4)N3C(=O)C3CCNC(=O)C3)c3ccccc32)cc1. The van der Waals surface area contributed by atoms with Gasteiger partial charge in [-0.3, -0.25) is 19.5 Å². The van der Waals surface area contributed by atoms with E-state index in [0.29, 0.717) is 51.1 Å². The van der Waals surface area contributed by atoms with Crippen LogP contribution in [-0.4, -0.2) is 48.6 Å². The van der Waals surface area contributed by atoms with Crippen LogP contribution in [0.25, 0.3) is 10.9 Å². The monoisotopic (exact) mass is 700 g/mol. The third-order valence-electron chi connectivity index (χ3n) is 8.84. The first-order valence-corrected chi connectivity index (χ1v) is 17.5. The van der Waals surface area contributed by atoms with Crippen LogP contribution in [0, 0.1) is 5.92 Å². The van der Waals surface area contributed by atoms with Gasteiger partial charge in [0.15, 0.2) is 0 Å². The number of carbonyl (C=O) groups is 2. The van der Waals surface area contributed by atoms with Crippen LogP contribution < -0.4 is 10.1 Å². The summed E-state index contributed by atoms with van der Waals surface area (Å²) in [6.45, 7) is 0.373. The number of aliphatic imine (C=N–C) groups is 1. The average Bonchev–Trinajstić information content (AvgIpc) is 3.68. The van der Waals surface area contributed by atoms with E-state index in [1.54, 1.807) is 47.4 Å². The van der Waals surface area contributed by atoms with Gasteiger partial charge in [-0.05, 0) is 72.1 Å². The number of para-hydroxylation sites is 1. The maximum atomic E-state index is 14.7. The van der Waals surface area contributed by atoms with Crippen molar-refractivity contribution in [2.75, 3.05) is 13.7 Å². The van der Waals surface area contributed by atoms with E-state index in [0.717, 1.165) is 11.1 Å². The first-order valence-electron chi connectivity index (χ1n) is 15.3. The highest BCUT2D eigenvalue weighted by atomic mass is 35.5. The number of rotatable bonds is 7. The molecule has 1 saturated heterocycles. The van der Waals surface area contributed by atoms with E-state index in [2.05, 4.69) is 5.32 Å². The number of halogens is 2. The summed E-state index contributed by atoms with van der Waals surface area (Å²) in [6, 6.07) is 26.6. The van der Waals surface area contributed by atoms with Gasteiger partial charge < -0.3 is 10.1 Å². The van der Waals surface area contributed by atoms with Crippen molar-refractivity contribution in [3.05, 3.63) is 130 Å². The highest BCUT2D eigenvalue weighted by molar-refractivity contribution is 7.90. The molecule has 1 N–H and O–H groups in total. The normalized spacial score (nSPS) is 19.6. The molecule has 0 saturated carbocycles. The zero-order chi connectivity index (χ0) is 33.6. The Morgan fingerprint density at radius 3 is 2.38 bits per heavy atom. The molecule has 2 amide bonds. The van der Waals surface area contributed by atoms with Crippen molar-refractivity contribution >= 4 is 61.8 Å². The summed E-state index contributed by atoms with van der Waals surface area (Å²) in [7, 11) is -2.58. The number of nitrogens with zero attached hydrogens (tertiary/aromatic N) is 3. The number of aromatic nitrogens is 1. The minimum absolute atomic E-state index is 0.0331. The van der Waals surface area contributed by atoms with Crippen molar-refractivity contribution in [1.82, 2.24) is 14.2 Å². The quantitative estimate of drug-likeness (QED) is 0.201. The fourth-order valence-corrected chi connectivity index (χ4v) is 8.19. The van der Waals surface area contributed by atoms with Crippen molar-refractivity contribution < 1.29 is 22.7 Å². The number of hydrogen-bond acceptors (Lipinski definition) is 6. The fourth-order valence-electron chi connectivity index (χ4n) is 6.50. The molecule has 2 aliphatic rings. The molecule has 244 valence electrons. The van der Waals surface area contributed by atoms with Gasteiger partial charge in [0.05, 0.1) is 23.6 Å². The number of carbonyl (C=O) groups excluding carboxylic acids is 2. The van der Waals surface area contributed by atoms with Crippen LogP contribution in [0.15, 0.2) is 113 Å². The Bertz CT molecular complexity index is 2180. The standard InChI is InChI=1S/C36H30Cl2N4O5S/c1-47-27-13-15-28(16-14-27)48(45,46)41-21-30(29-7-2-3-8-31(29)41)35-40-33(23-5-4-6-26(38)19-23)34(22-9-11-25(37)12-10-22)42(35)36(44)24-17-18-39-32(43)20-24/h2-16,19,21,24,33-34H,17-18,20H2,1H3,(H,39,43). The Morgan fingerprint density at radius 2 is 1.67 bits per heavy atom. The lowest BCUT2D eigenvalue weighted by Crippen LogP contribution is -2.45. The number of hydrogen-bond donors (Lipinski definition) is 1. The number of piperidine rings is 1. The number of nitrogens with one attached hydrogen (secondary N) is 1. The molecule has 1 aromatic heterocycles. The number of amides is 2. The van der Waals surface area contributed by atoms with Crippen LogP contribution in [0.4, 0.5) is 0 Å². The van der Waals surface area contributed by atoms with E-state index >= 15 is 0 Å². The Labute approximate surface area is 287 Å². The number of fused-ring (bicyclic) bond motifs is 1. The number of amidine groups is 1. The first kappa shape index (κ1) is 31.9. The number of methoxy groups -OCH3 is 1. The predicted octanol–water partition coefficient (Wildman–Crippen LogP) is 6.79. The van der Waals surface area contributed by atoms with Gasteiger partial charge in [0.25, 0.3) is 10.0 Å².